The molecule has 2 aromatic heterocycles. The van der Waals surface area contributed by atoms with Crippen LogP contribution < -0.4 is 14.2 Å². The summed E-state index contributed by atoms with van der Waals surface area (Å²) in [6.45, 7) is 1.96. The Morgan fingerprint density at radius 2 is 1.53 bits per heavy atom. The Kier molecular flexibility index (Phi) is 6.70. The summed E-state index contributed by atoms with van der Waals surface area (Å²) in [7, 11) is 4.78. The zero-order chi connectivity index (χ0) is 25.2. The lowest BCUT2D eigenvalue weighted by atomic mass is 9.96. The first-order valence-electron chi connectivity index (χ1n) is 9.59. The van der Waals surface area contributed by atoms with Crippen molar-refractivity contribution >= 4 is 27.8 Å². The van der Waals surface area contributed by atoms with E-state index in [0.717, 1.165) is 33.0 Å². The normalized spacial score (nSPS) is 11.1. The number of aromatic nitrogens is 3. The van der Waals surface area contributed by atoms with E-state index < -0.39 is 12.1 Å². The van der Waals surface area contributed by atoms with Crippen LogP contribution >= 0.6 is 0 Å². The third kappa shape index (κ3) is 4.34. The Labute approximate surface area is 190 Å². The van der Waals surface area contributed by atoms with E-state index in [-0.39, 0.29) is 5.75 Å². The molecule has 4 rings (SSSR count). The minimum Gasteiger partial charge on any atom is -0.508 e. The standard InChI is InChI=1S/C20H19N3O4.C2HF3O2/c1-10-14-15(18(26-3)19(27-4)17(10)25-2)13-9-21-23-20(13)22-16(14)11-5-7-12(24)8-6-11;3-2(4,5)1(6)7/h5-9,24H,1-4H3,(H,21,22,23);(H,6,7). The number of aliphatic carboxylic acids is 1. The predicted molar refractivity (Wildman–Crippen MR) is 117 cm³/mol. The number of aromatic hydroxyl groups is 1. The summed E-state index contributed by atoms with van der Waals surface area (Å²) < 4.78 is 48.7. The number of carboxylic acids is 1. The van der Waals surface area contributed by atoms with E-state index in [1.165, 1.54) is 0 Å². The minimum absolute atomic E-state index is 0.194. The molecule has 0 amide bonds. The number of hydrogen-bond acceptors (Lipinski definition) is 7. The fourth-order valence-electron chi connectivity index (χ4n) is 3.52. The number of fused-ring (bicyclic) bond motifs is 3. The number of phenols is 1. The van der Waals surface area contributed by atoms with Crippen LogP contribution in [0, 0.1) is 6.92 Å². The second-order valence-electron chi connectivity index (χ2n) is 6.92. The molecule has 0 aliphatic rings. The average molecular weight is 479 g/mol. The average Bonchev–Trinajstić information content (AvgIpc) is 3.27. The Bertz CT molecular complexity index is 1350. The van der Waals surface area contributed by atoms with Crippen LogP contribution in [0.4, 0.5) is 13.2 Å². The second kappa shape index (κ2) is 9.33. The number of ether oxygens (including phenoxy) is 3. The number of aryl methyl sites for hydroxylation is 1. The van der Waals surface area contributed by atoms with Crippen LogP contribution in [-0.2, 0) is 4.79 Å². The fourth-order valence-corrected chi connectivity index (χ4v) is 3.52. The number of aromatic amines is 1. The molecule has 12 heteroatoms. The van der Waals surface area contributed by atoms with Crippen LogP contribution in [0.15, 0.2) is 30.5 Å². The number of benzene rings is 2. The quantitative estimate of drug-likeness (QED) is 0.392. The van der Waals surface area contributed by atoms with Gasteiger partial charge in [-0.05, 0) is 31.2 Å². The SMILES string of the molecule is COc1c(OC)c(OC)c2c(c(-c3ccc(O)cc3)nc3[nH]ncc32)c1C.O=C(O)C(F)(F)F. The van der Waals surface area contributed by atoms with Crippen LogP contribution in [0.5, 0.6) is 23.0 Å². The number of hydrogen-bond donors (Lipinski definition) is 3. The highest BCUT2D eigenvalue weighted by Gasteiger charge is 2.38. The van der Waals surface area contributed by atoms with Crippen molar-refractivity contribution in [1.82, 2.24) is 15.2 Å². The topological polar surface area (TPSA) is 127 Å². The number of rotatable bonds is 4. The number of alkyl halides is 3. The first-order chi connectivity index (χ1) is 16.0. The molecule has 0 saturated heterocycles. The molecule has 3 N–H and O–H groups in total. The Hall–Kier alpha value is -4.22. The predicted octanol–water partition coefficient (Wildman–Crippen LogP) is 4.45. The molecule has 4 aromatic rings. The molecule has 0 atom stereocenters. The van der Waals surface area contributed by atoms with Crippen molar-refractivity contribution in [2.45, 2.75) is 13.1 Å². The molecular weight excluding hydrogens is 459 g/mol. The van der Waals surface area contributed by atoms with Crippen molar-refractivity contribution in [2.24, 2.45) is 0 Å². The smallest absolute Gasteiger partial charge is 0.490 e. The summed E-state index contributed by atoms with van der Waals surface area (Å²) in [5.41, 5.74) is 3.10. The van der Waals surface area contributed by atoms with Gasteiger partial charge in [-0.3, -0.25) is 5.10 Å². The van der Waals surface area contributed by atoms with Crippen LogP contribution in [0.2, 0.25) is 0 Å². The molecule has 0 saturated carbocycles. The number of nitrogens with zero attached hydrogens (tertiary/aromatic N) is 2. The van der Waals surface area contributed by atoms with Gasteiger partial charge in [0.25, 0.3) is 0 Å². The van der Waals surface area contributed by atoms with Gasteiger partial charge in [0.15, 0.2) is 17.1 Å². The molecule has 0 aliphatic carbocycles. The second-order valence-corrected chi connectivity index (χ2v) is 6.92. The molecule has 9 nitrogen and oxygen atoms in total. The first kappa shape index (κ1) is 24.4. The van der Waals surface area contributed by atoms with Crippen molar-refractivity contribution in [3.63, 3.8) is 0 Å². The van der Waals surface area contributed by atoms with Gasteiger partial charge in [-0.25, -0.2) is 9.78 Å². The number of nitrogens with one attached hydrogen (secondary N) is 1. The molecule has 34 heavy (non-hydrogen) atoms. The lowest BCUT2D eigenvalue weighted by Crippen LogP contribution is -2.21. The van der Waals surface area contributed by atoms with Gasteiger partial charge in [0.2, 0.25) is 5.75 Å². The largest absolute Gasteiger partial charge is 0.508 e. The van der Waals surface area contributed by atoms with Crippen LogP contribution in [0.1, 0.15) is 5.56 Å². The summed E-state index contributed by atoms with van der Waals surface area (Å²) in [4.78, 5) is 13.7. The van der Waals surface area contributed by atoms with Gasteiger partial charge in [-0.2, -0.15) is 18.3 Å². The van der Waals surface area contributed by atoms with Gasteiger partial charge in [0.1, 0.15) is 5.75 Å². The molecule has 0 bridgehead atoms. The molecule has 0 fully saturated rings. The summed E-state index contributed by atoms with van der Waals surface area (Å²) in [5, 5.41) is 26.4. The monoisotopic (exact) mass is 479 g/mol. The number of halogens is 3. The van der Waals surface area contributed by atoms with Crippen molar-refractivity contribution in [2.75, 3.05) is 21.3 Å². The molecule has 0 spiro atoms. The Balaban J connectivity index is 0.000000406. The highest BCUT2D eigenvalue weighted by Crippen LogP contribution is 2.50. The number of pyridine rings is 1. The first-order valence-corrected chi connectivity index (χ1v) is 9.59. The summed E-state index contributed by atoms with van der Waals surface area (Å²) in [6.07, 6.45) is -3.36. The number of carbonyl (C=O) groups is 1. The highest BCUT2D eigenvalue weighted by atomic mass is 19.4. The van der Waals surface area contributed by atoms with Crippen molar-refractivity contribution in [1.29, 1.82) is 0 Å². The van der Waals surface area contributed by atoms with E-state index in [1.54, 1.807) is 39.7 Å². The third-order valence-corrected chi connectivity index (χ3v) is 4.95. The Morgan fingerprint density at radius 1 is 0.971 bits per heavy atom. The lowest BCUT2D eigenvalue weighted by molar-refractivity contribution is -0.192. The van der Waals surface area contributed by atoms with Gasteiger partial charge in [0.05, 0.1) is 38.6 Å². The lowest BCUT2D eigenvalue weighted by Gasteiger charge is -2.20. The zero-order valence-corrected chi connectivity index (χ0v) is 18.4. The summed E-state index contributed by atoms with van der Waals surface area (Å²) >= 11 is 0. The van der Waals surface area contributed by atoms with Crippen LogP contribution in [0.25, 0.3) is 33.1 Å². The van der Waals surface area contributed by atoms with E-state index in [9.17, 15) is 18.3 Å². The van der Waals surface area contributed by atoms with E-state index in [1.807, 2.05) is 19.1 Å². The minimum atomic E-state index is -5.08. The Morgan fingerprint density at radius 3 is 2.03 bits per heavy atom. The molecular formula is C22H20F3N3O6. The molecule has 180 valence electrons. The number of carboxylic acid groups (broad SMARTS) is 1. The van der Waals surface area contributed by atoms with Gasteiger partial charge >= 0.3 is 12.1 Å². The van der Waals surface area contributed by atoms with Gasteiger partial charge in [-0.15, -0.1) is 0 Å². The zero-order valence-electron chi connectivity index (χ0n) is 18.4. The molecule has 2 aromatic carbocycles. The maximum atomic E-state index is 10.6. The highest BCUT2D eigenvalue weighted by molar-refractivity contribution is 6.16. The maximum Gasteiger partial charge on any atom is 0.490 e. The van der Waals surface area contributed by atoms with Crippen LogP contribution in [-0.4, -0.2) is 58.9 Å². The summed E-state index contributed by atoms with van der Waals surface area (Å²) in [5.74, 6) is -0.891. The van der Waals surface area contributed by atoms with Crippen molar-refractivity contribution < 1.29 is 42.4 Å². The van der Waals surface area contributed by atoms with Gasteiger partial charge < -0.3 is 24.4 Å². The van der Waals surface area contributed by atoms with E-state index in [2.05, 4.69) is 10.2 Å². The fraction of sp³-hybridized carbons (Fsp3) is 0.227. The molecule has 0 aliphatic heterocycles. The van der Waals surface area contributed by atoms with E-state index in [0.29, 0.717) is 22.9 Å². The van der Waals surface area contributed by atoms with E-state index >= 15 is 0 Å². The van der Waals surface area contributed by atoms with Gasteiger partial charge in [-0.1, -0.05) is 0 Å². The van der Waals surface area contributed by atoms with Crippen LogP contribution in [0.3, 0.4) is 0 Å². The number of phenolic OH excluding ortho intramolecular Hbond substituents is 1. The third-order valence-electron chi connectivity index (χ3n) is 4.95. The van der Waals surface area contributed by atoms with Crippen molar-refractivity contribution in [3.8, 4) is 34.3 Å². The summed E-state index contributed by atoms with van der Waals surface area (Å²) in [6, 6.07) is 6.91. The number of methoxy groups -OCH3 is 3. The molecule has 0 unspecified atom stereocenters. The molecule has 0 radical (unpaired) electrons. The van der Waals surface area contributed by atoms with Gasteiger partial charge in [0, 0.05) is 21.9 Å². The van der Waals surface area contributed by atoms with E-state index in [4.69, 9.17) is 29.1 Å². The molecule has 2 heterocycles. The number of H-pyrrole nitrogens is 1. The van der Waals surface area contributed by atoms with Crippen molar-refractivity contribution in [3.05, 3.63) is 36.0 Å². The maximum absolute atomic E-state index is 10.6.